The first-order valence-electron chi connectivity index (χ1n) is 5.37. The first-order valence-corrected chi connectivity index (χ1v) is 5.37. The minimum atomic E-state index is -0.479. The van der Waals surface area contributed by atoms with Gasteiger partial charge < -0.3 is 19.7 Å². The number of aliphatic hydroxyl groups is 2. The van der Waals surface area contributed by atoms with Gasteiger partial charge in [-0.15, -0.1) is 0 Å². The quantitative estimate of drug-likeness (QED) is 0.542. The van der Waals surface area contributed by atoms with Crippen LogP contribution in [0.4, 0.5) is 0 Å². The molecule has 1 aliphatic rings. The van der Waals surface area contributed by atoms with Crippen molar-refractivity contribution >= 4 is 0 Å². The van der Waals surface area contributed by atoms with E-state index in [4.69, 9.17) is 9.47 Å². The topological polar surface area (TPSA) is 62.2 Å². The van der Waals surface area contributed by atoms with Gasteiger partial charge in [-0.05, 0) is 6.42 Å². The lowest BCUT2D eigenvalue weighted by Crippen LogP contribution is -2.34. The molecule has 15 heavy (non-hydrogen) atoms. The number of likely N-dealkylation sites (tertiary alicyclic amines) is 1. The second-order valence-electron chi connectivity index (χ2n) is 3.92. The van der Waals surface area contributed by atoms with Crippen LogP contribution in [0.2, 0.25) is 0 Å². The van der Waals surface area contributed by atoms with E-state index < -0.39 is 6.10 Å². The fourth-order valence-corrected chi connectivity index (χ4v) is 1.69. The van der Waals surface area contributed by atoms with Gasteiger partial charge in [-0.25, -0.2) is 0 Å². The van der Waals surface area contributed by atoms with Crippen molar-refractivity contribution in [3.63, 3.8) is 0 Å². The third kappa shape index (κ3) is 5.44. The van der Waals surface area contributed by atoms with Crippen molar-refractivity contribution in [1.29, 1.82) is 0 Å². The molecule has 1 fully saturated rings. The van der Waals surface area contributed by atoms with E-state index in [1.165, 1.54) is 0 Å². The molecule has 5 heteroatoms. The van der Waals surface area contributed by atoms with Crippen molar-refractivity contribution in [2.75, 3.05) is 46.6 Å². The molecule has 0 aromatic rings. The van der Waals surface area contributed by atoms with Crippen LogP contribution in [0.15, 0.2) is 0 Å². The molecule has 0 spiro atoms. The minimum Gasteiger partial charge on any atom is -0.392 e. The maximum atomic E-state index is 9.61. The highest BCUT2D eigenvalue weighted by Crippen LogP contribution is 2.08. The summed E-state index contributed by atoms with van der Waals surface area (Å²) in [6, 6.07) is 0. The Hall–Kier alpha value is -0.200. The Kier molecular flexibility index (Phi) is 6.12. The molecule has 0 bridgehead atoms. The van der Waals surface area contributed by atoms with E-state index in [0.717, 1.165) is 13.0 Å². The van der Waals surface area contributed by atoms with Gasteiger partial charge in [0.2, 0.25) is 0 Å². The fraction of sp³-hybridized carbons (Fsp3) is 1.00. The summed E-state index contributed by atoms with van der Waals surface area (Å²) in [6.07, 6.45) is 0.0934. The first kappa shape index (κ1) is 12.9. The Labute approximate surface area is 90.6 Å². The zero-order valence-corrected chi connectivity index (χ0v) is 9.26. The van der Waals surface area contributed by atoms with Gasteiger partial charge >= 0.3 is 0 Å². The number of hydrogen-bond acceptors (Lipinski definition) is 5. The number of β-amino-alcohol motifs (C(OH)–C–C–N with tert-alkyl or cyclic N) is 2. The van der Waals surface area contributed by atoms with Gasteiger partial charge in [-0.1, -0.05) is 0 Å². The van der Waals surface area contributed by atoms with Crippen LogP contribution >= 0.6 is 0 Å². The molecule has 1 heterocycles. The van der Waals surface area contributed by atoms with Crippen LogP contribution in [0.5, 0.6) is 0 Å². The standard InChI is InChI=1S/C10H21NO4/c1-14-4-5-15-8-10(13)7-11-3-2-9(12)6-11/h9-10,12-13H,2-8H2,1H3. The van der Waals surface area contributed by atoms with Gasteiger partial charge in [0.15, 0.2) is 0 Å². The van der Waals surface area contributed by atoms with E-state index in [9.17, 15) is 10.2 Å². The third-order valence-corrected chi connectivity index (χ3v) is 2.46. The molecule has 0 amide bonds. The molecule has 0 aliphatic carbocycles. The zero-order chi connectivity index (χ0) is 11.1. The summed E-state index contributed by atoms with van der Waals surface area (Å²) in [5.41, 5.74) is 0. The van der Waals surface area contributed by atoms with Gasteiger partial charge in [0.05, 0.1) is 32.0 Å². The first-order chi connectivity index (χ1) is 7.22. The summed E-state index contributed by atoms with van der Waals surface area (Å²) in [5, 5.41) is 18.9. The highest BCUT2D eigenvalue weighted by molar-refractivity contribution is 4.76. The molecule has 0 aromatic carbocycles. The van der Waals surface area contributed by atoms with Crippen molar-refractivity contribution in [1.82, 2.24) is 4.90 Å². The number of nitrogens with zero attached hydrogens (tertiary/aromatic N) is 1. The summed E-state index contributed by atoms with van der Waals surface area (Å²) in [7, 11) is 1.62. The second-order valence-corrected chi connectivity index (χ2v) is 3.92. The minimum absolute atomic E-state index is 0.230. The number of rotatable bonds is 7. The van der Waals surface area contributed by atoms with E-state index in [0.29, 0.717) is 32.9 Å². The smallest absolute Gasteiger partial charge is 0.0900 e. The lowest BCUT2D eigenvalue weighted by molar-refractivity contribution is 0.000964. The largest absolute Gasteiger partial charge is 0.392 e. The van der Waals surface area contributed by atoms with Gasteiger partial charge in [0.1, 0.15) is 0 Å². The molecule has 0 aromatic heterocycles. The maximum Gasteiger partial charge on any atom is 0.0900 e. The summed E-state index contributed by atoms with van der Waals surface area (Å²) < 4.78 is 10.0. The molecule has 2 atom stereocenters. The predicted molar refractivity (Wildman–Crippen MR) is 55.8 cm³/mol. The van der Waals surface area contributed by atoms with Gasteiger partial charge in [0, 0.05) is 26.7 Å². The number of methoxy groups -OCH3 is 1. The molecule has 2 unspecified atom stereocenters. The number of ether oxygens (including phenoxy) is 2. The highest BCUT2D eigenvalue weighted by atomic mass is 16.5. The third-order valence-electron chi connectivity index (χ3n) is 2.46. The monoisotopic (exact) mass is 219 g/mol. The molecule has 1 saturated heterocycles. The van der Waals surface area contributed by atoms with Crippen molar-refractivity contribution in [2.24, 2.45) is 0 Å². The van der Waals surface area contributed by atoms with Crippen LogP contribution in [0.25, 0.3) is 0 Å². The Morgan fingerprint density at radius 1 is 1.47 bits per heavy atom. The van der Waals surface area contributed by atoms with Crippen LogP contribution in [0, 0.1) is 0 Å². The maximum absolute atomic E-state index is 9.61. The second kappa shape index (κ2) is 7.14. The Balaban J connectivity index is 2.00. The predicted octanol–water partition coefficient (Wildman–Crippen LogP) is -0.923. The fourth-order valence-electron chi connectivity index (χ4n) is 1.69. The van der Waals surface area contributed by atoms with Gasteiger partial charge in [-0.2, -0.15) is 0 Å². The van der Waals surface area contributed by atoms with Crippen molar-refractivity contribution in [2.45, 2.75) is 18.6 Å². The molecular formula is C10H21NO4. The lowest BCUT2D eigenvalue weighted by atomic mass is 10.3. The Morgan fingerprint density at radius 3 is 2.87 bits per heavy atom. The molecule has 1 rings (SSSR count). The zero-order valence-electron chi connectivity index (χ0n) is 9.26. The van der Waals surface area contributed by atoms with E-state index in [-0.39, 0.29) is 6.10 Å². The molecule has 5 nitrogen and oxygen atoms in total. The Morgan fingerprint density at radius 2 is 2.27 bits per heavy atom. The van der Waals surface area contributed by atoms with Crippen LogP contribution < -0.4 is 0 Å². The van der Waals surface area contributed by atoms with Crippen molar-refractivity contribution < 1.29 is 19.7 Å². The van der Waals surface area contributed by atoms with E-state index >= 15 is 0 Å². The van der Waals surface area contributed by atoms with E-state index in [2.05, 4.69) is 4.90 Å². The summed E-state index contributed by atoms with van der Waals surface area (Å²) in [5.74, 6) is 0. The van der Waals surface area contributed by atoms with E-state index in [1.54, 1.807) is 7.11 Å². The number of hydrogen-bond donors (Lipinski definition) is 2. The average Bonchev–Trinajstić information content (AvgIpc) is 2.59. The summed E-state index contributed by atoms with van der Waals surface area (Å²) in [6.45, 7) is 3.48. The van der Waals surface area contributed by atoms with Gasteiger partial charge in [-0.3, -0.25) is 4.90 Å². The lowest BCUT2D eigenvalue weighted by Gasteiger charge is -2.19. The molecule has 90 valence electrons. The van der Waals surface area contributed by atoms with Crippen LogP contribution in [0.3, 0.4) is 0 Å². The van der Waals surface area contributed by atoms with Crippen LogP contribution in [-0.4, -0.2) is 73.9 Å². The molecule has 2 N–H and O–H groups in total. The normalized spacial score (nSPS) is 24.6. The summed E-state index contributed by atoms with van der Waals surface area (Å²) >= 11 is 0. The molecule has 0 saturated carbocycles. The SMILES string of the molecule is COCCOCC(O)CN1CCC(O)C1. The average molecular weight is 219 g/mol. The van der Waals surface area contributed by atoms with Crippen LogP contribution in [0.1, 0.15) is 6.42 Å². The molecule has 0 radical (unpaired) electrons. The number of aliphatic hydroxyl groups excluding tert-OH is 2. The summed E-state index contributed by atoms with van der Waals surface area (Å²) in [4.78, 5) is 2.05. The van der Waals surface area contributed by atoms with Crippen molar-refractivity contribution in [3.8, 4) is 0 Å². The van der Waals surface area contributed by atoms with Crippen LogP contribution in [-0.2, 0) is 9.47 Å². The van der Waals surface area contributed by atoms with E-state index in [1.807, 2.05) is 0 Å². The van der Waals surface area contributed by atoms with Gasteiger partial charge in [0.25, 0.3) is 0 Å². The molecule has 1 aliphatic heterocycles. The van der Waals surface area contributed by atoms with Crippen molar-refractivity contribution in [3.05, 3.63) is 0 Å². The Bertz CT molecular complexity index is 168. The highest BCUT2D eigenvalue weighted by Gasteiger charge is 2.21. The molecular weight excluding hydrogens is 198 g/mol.